The molecule has 23 heavy (non-hydrogen) atoms. The predicted molar refractivity (Wildman–Crippen MR) is 92.1 cm³/mol. The Morgan fingerprint density at radius 1 is 1.30 bits per heavy atom. The third kappa shape index (κ3) is 4.04. The van der Waals surface area contributed by atoms with Gasteiger partial charge < -0.3 is 5.11 Å². The van der Waals surface area contributed by atoms with Crippen molar-refractivity contribution in [1.29, 1.82) is 0 Å². The molecule has 2 aliphatic rings. The summed E-state index contributed by atoms with van der Waals surface area (Å²) in [6.07, 6.45) is 7.55. The summed E-state index contributed by atoms with van der Waals surface area (Å²) >= 11 is 6.00. The first-order chi connectivity index (χ1) is 11.1. The highest BCUT2D eigenvalue weighted by atomic mass is 35.5. The number of rotatable bonds is 4. The number of carboxylic acid groups (broad SMARTS) is 1. The van der Waals surface area contributed by atoms with Crippen LogP contribution in [-0.4, -0.2) is 29.1 Å². The molecule has 0 radical (unpaired) electrons. The lowest BCUT2D eigenvalue weighted by Crippen LogP contribution is -2.45. The molecule has 1 fully saturated rings. The molecule has 1 N–H and O–H groups in total. The van der Waals surface area contributed by atoms with Crippen LogP contribution in [0.3, 0.4) is 0 Å². The standard InChI is InChI=1S/C19H22ClNO2/c20-16-8-6-15(7-9-16)18-13-21(11-10-17(18)19(22)23)12-14-4-2-1-3-5-14/h1-6,8-9,15,17-18H,7,10-13H2,(H,22,23)/t15?,17-,18+/m0/s1. The van der Waals surface area contributed by atoms with Crippen LogP contribution in [0.1, 0.15) is 18.4 Å². The number of halogens is 1. The van der Waals surface area contributed by atoms with Gasteiger partial charge in [0.05, 0.1) is 5.92 Å². The van der Waals surface area contributed by atoms with Gasteiger partial charge in [0.25, 0.3) is 0 Å². The summed E-state index contributed by atoms with van der Waals surface area (Å²) in [6.45, 7) is 2.55. The number of allylic oxidation sites excluding steroid dienone is 4. The van der Waals surface area contributed by atoms with E-state index in [0.29, 0.717) is 6.42 Å². The average molecular weight is 332 g/mol. The number of nitrogens with zero attached hydrogens (tertiary/aromatic N) is 1. The van der Waals surface area contributed by atoms with E-state index >= 15 is 0 Å². The van der Waals surface area contributed by atoms with E-state index in [4.69, 9.17) is 11.6 Å². The van der Waals surface area contributed by atoms with Crippen molar-refractivity contribution in [3.63, 3.8) is 0 Å². The molecule has 4 heteroatoms. The molecule has 1 heterocycles. The van der Waals surface area contributed by atoms with Gasteiger partial charge in [-0.15, -0.1) is 0 Å². The Balaban J connectivity index is 1.71. The zero-order valence-electron chi connectivity index (χ0n) is 13.1. The van der Waals surface area contributed by atoms with E-state index in [2.05, 4.69) is 23.1 Å². The molecule has 1 saturated heterocycles. The zero-order valence-corrected chi connectivity index (χ0v) is 13.8. The topological polar surface area (TPSA) is 40.5 Å². The molecule has 3 rings (SSSR count). The van der Waals surface area contributed by atoms with Gasteiger partial charge in [-0.3, -0.25) is 9.69 Å². The smallest absolute Gasteiger partial charge is 0.306 e. The number of piperidine rings is 1. The molecule has 1 aliphatic carbocycles. The van der Waals surface area contributed by atoms with Crippen molar-refractivity contribution in [2.45, 2.75) is 19.4 Å². The third-order valence-corrected chi connectivity index (χ3v) is 5.23. The van der Waals surface area contributed by atoms with E-state index in [0.717, 1.165) is 31.1 Å². The lowest BCUT2D eigenvalue weighted by molar-refractivity contribution is -0.146. The maximum atomic E-state index is 11.7. The number of carboxylic acids is 1. The molecule has 3 atom stereocenters. The fourth-order valence-corrected chi connectivity index (χ4v) is 3.87. The molecule has 3 nitrogen and oxygen atoms in total. The summed E-state index contributed by atoms with van der Waals surface area (Å²) < 4.78 is 0. The van der Waals surface area contributed by atoms with Crippen LogP contribution >= 0.6 is 11.6 Å². The second-order valence-corrected chi connectivity index (χ2v) is 6.90. The van der Waals surface area contributed by atoms with Gasteiger partial charge in [0.15, 0.2) is 0 Å². The van der Waals surface area contributed by atoms with E-state index in [-0.39, 0.29) is 17.8 Å². The summed E-state index contributed by atoms with van der Waals surface area (Å²) in [7, 11) is 0. The summed E-state index contributed by atoms with van der Waals surface area (Å²) in [4.78, 5) is 14.0. The van der Waals surface area contributed by atoms with Gasteiger partial charge in [-0.1, -0.05) is 54.1 Å². The highest BCUT2D eigenvalue weighted by Gasteiger charge is 2.37. The number of hydrogen-bond acceptors (Lipinski definition) is 2. The van der Waals surface area contributed by atoms with Crippen LogP contribution < -0.4 is 0 Å². The first-order valence-corrected chi connectivity index (χ1v) is 8.54. The Bertz CT molecular complexity index is 611. The maximum absolute atomic E-state index is 11.7. The Kier molecular flexibility index (Phi) is 5.19. The van der Waals surface area contributed by atoms with Gasteiger partial charge in [-0.2, -0.15) is 0 Å². The number of hydrogen-bond donors (Lipinski definition) is 1. The van der Waals surface area contributed by atoms with Gasteiger partial charge >= 0.3 is 5.97 Å². The van der Waals surface area contributed by atoms with Gasteiger partial charge in [0.1, 0.15) is 0 Å². The highest BCUT2D eigenvalue weighted by Crippen LogP contribution is 2.35. The molecule has 0 amide bonds. The second kappa shape index (κ2) is 7.33. The van der Waals surface area contributed by atoms with Crippen LogP contribution in [-0.2, 0) is 11.3 Å². The largest absolute Gasteiger partial charge is 0.481 e. The average Bonchev–Trinajstić information content (AvgIpc) is 2.56. The minimum Gasteiger partial charge on any atom is -0.481 e. The second-order valence-electron chi connectivity index (χ2n) is 6.47. The molecule has 0 bridgehead atoms. The SMILES string of the molecule is O=C(O)[C@H]1CCN(Cc2ccccc2)C[C@@H]1C1C=CC(Cl)=CC1. The molecular formula is C19H22ClNO2. The third-order valence-electron chi connectivity index (χ3n) is 4.95. The van der Waals surface area contributed by atoms with Crippen molar-refractivity contribution in [2.24, 2.45) is 17.8 Å². The van der Waals surface area contributed by atoms with E-state index in [1.54, 1.807) is 0 Å². The van der Waals surface area contributed by atoms with Crippen molar-refractivity contribution in [3.05, 3.63) is 59.2 Å². The van der Waals surface area contributed by atoms with Crippen LogP contribution in [0.4, 0.5) is 0 Å². The van der Waals surface area contributed by atoms with Crippen molar-refractivity contribution in [1.82, 2.24) is 4.90 Å². The van der Waals surface area contributed by atoms with Crippen LogP contribution in [0.15, 0.2) is 53.6 Å². The van der Waals surface area contributed by atoms with Gasteiger partial charge in [0.2, 0.25) is 0 Å². The molecule has 1 aliphatic heterocycles. The number of benzene rings is 1. The minimum atomic E-state index is -0.664. The minimum absolute atomic E-state index is 0.141. The monoisotopic (exact) mass is 331 g/mol. The van der Waals surface area contributed by atoms with Crippen molar-refractivity contribution < 1.29 is 9.90 Å². The predicted octanol–water partition coefficient (Wildman–Crippen LogP) is 3.91. The van der Waals surface area contributed by atoms with E-state index in [1.807, 2.05) is 30.4 Å². The van der Waals surface area contributed by atoms with Crippen molar-refractivity contribution in [2.75, 3.05) is 13.1 Å². The first kappa shape index (κ1) is 16.3. The van der Waals surface area contributed by atoms with E-state index in [9.17, 15) is 9.90 Å². The van der Waals surface area contributed by atoms with Crippen molar-refractivity contribution in [3.8, 4) is 0 Å². The molecule has 0 spiro atoms. The maximum Gasteiger partial charge on any atom is 0.306 e. The molecule has 1 aromatic carbocycles. The zero-order chi connectivity index (χ0) is 16.2. The fourth-order valence-electron chi connectivity index (χ4n) is 3.71. The summed E-state index contributed by atoms with van der Waals surface area (Å²) in [5.74, 6) is -0.523. The molecular weight excluding hydrogens is 310 g/mol. The summed E-state index contributed by atoms with van der Waals surface area (Å²) in [5, 5.41) is 10.3. The van der Waals surface area contributed by atoms with Gasteiger partial charge in [-0.25, -0.2) is 0 Å². The molecule has 1 aromatic rings. The number of aliphatic carboxylic acids is 1. The van der Waals surface area contributed by atoms with Crippen molar-refractivity contribution >= 4 is 17.6 Å². The van der Waals surface area contributed by atoms with E-state index in [1.165, 1.54) is 5.56 Å². The Labute approximate surface area is 142 Å². The van der Waals surface area contributed by atoms with Gasteiger partial charge in [0, 0.05) is 18.1 Å². The fraction of sp³-hybridized carbons (Fsp3) is 0.421. The molecule has 122 valence electrons. The molecule has 1 unspecified atom stereocenters. The summed E-state index contributed by atoms with van der Waals surface area (Å²) in [5.41, 5.74) is 1.28. The number of carbonyl (C=O) groups is 1. The van der Waals surface area contributed by atoms with Crippen LogP contribution in [0.25, 0.3) is 0 Å². The Morgan fingerprint density at radius 2 is 2.09 bits per heavy atom. The molecule has 0 aromatic heterocycles. The Hall–Kier alpha value is -1.58. The number of likely N-dealkylation sites (tertiary alicyclic amines) is 1. The lowest BCUT2D eigenvalue weighted by Gasteiger charge is -2.40. The van der Waals surface area contributed by atoms with E-state index < -0.39 is 5.97 Å². The van der Waals surface area contributed by atoms with Crippen LogP contribution in [0.2, 0.25) is 0 Å². The Morgan fingerprint density at radius 3 is 2.74 bits per heavy atom. The van der Waals surface area contributed by atoms with Gasteiger partial charge in [-0.05, 0) is 42.9 Å². The first-order valence-electron chi connectivity index (χ1n) is 8.16. The normalized spacial score (nSPS) is 28.4. The van der Waals surface area contributed by atoms with Crippen LogP contribution in [0.5, 0.6) is 0 Å². The van der Waals surface area contributed by atoms with Crippen LogP contribution in [0, 0.1) is 17.8 Å². The molecule has 0 saturated carbocycles. The summed E-state index contributed by atoms with van der Waals surface area (Å²) in [6, 6.07) is 10.4. The quantitative estimate of drug-likeness (QED) is 0.909. The lowest BCUT2D eigenvalue weighted by atomic mass is 9.74. The highest BCUT2D eigenvalue weighted by molar-refractivity contribution is 6.31.